The Hall–Kier alpha value is -3.78. The van der Waals surface area contributed by atoms with Crippen molar-refractivity contribution in [3.63, 3.8) is 0 Å². The molecule has 0 unspecified atom stereocenters. The van der Waals surface area contributed by atoms with Gasteiger partial charge in [0.2, 0.25) is 0 Å². The van der Waals surface area contributed by atoms with Crippen molar-refractivity contribution in [1.29, 1.82) is 5.41 Å². The quantitative estimate of drug-likeness (QED) is 0.138. The highest BCUT2D eigenvalue weighted by molar-refractivity contribution is 8.13. The van der Waals surface area contributed by atoms with Crippen molar-refractivity contribution in [1.82, 2.24) is 14.6 Å². The molecule has 2 aromatic heterocycles. The Balaban J connectivity index is 0.000000792. The summed E-state index contributed by atoms with van der Waals surface area (Å²) in [6.45, 7) is 16.2. The Bertz CT molecular complexity index is 1440. The maximum Gasteiger partial charge on any atom is 0.256 e. The highest BCUT2D eigenvalue weighted by Crippen LogP contribution is 2.25. The van der Waals surface area contributed by atoms with E-state index in [1.54, 1.807) is 28.9 Å². The fourth-order valence-corrected chi connectivity index (χ4v) is 4.49. The number of amidine groups is 1. The van der Waals surface area contributed by atoms with Gasteiger partial charge in [-0.2, -0.15) is 5.10 Å². The lowest BCUT2D eigenvalue weighted by atomic mass is 9.87. The normalized spacial score (nSPS) is 14.4. The van der Waals surface area contributed by atoms with Crippen LogP contribution in [0, 0.1) is 11.3 Å². The number of nitrogens with one attached hydrogen (secondary N) is 2. The third kappa shape index (κ3) is 8.88. The number of rotatable bonds is 6. The fraction of sp³-hybridized carbons (Fsp3) is 0.344. The number of nitrogens with zero attached hydrogens (tertiary/aromatic N) is 4. The molecule has 40 heavy (non-hydrogen) atoms. The number of hydrogen-bond donors (Lipinski definition) is 2. The minimum atomic E-state index is -0.237. The standard InChI is InChI=1S/C27H30N6OS.C5H10/c1-7-9-19(10-8-2)18(3)29-26(28)35-24-16-15-23-30-22(17-33(23)32-24)31-25(34)20-11-13-21(14-12-20)27(4,5)6;1-5-3-2-4-5/h7-17,28H,1H2,2-6H3,(H,31,34);5H,2-4H2,1H3/b10-8-,19-9+,28-26?,29-18+;. The first-order valence-electron chi connectivity index (χ1n) is 13.6. The average Bonchev–Trinajstić information content (AvgIpc) is 3.28. The van der Waals surface area contributed by atoms with E-state index < -0.39 is 0 Å². The SMILES string of the molecule is C=C/C=C(\C=C/C)C(/C)=N/C(=N)Sc1ccc2nc(NC(=O)c3ccc(C(C)(C)C)cc3)cn2n1.CC1CCC1. The summed E-state index contributed by atoms with van der Waals surface area (Å²) in [5.41, 5.74) is 3.93. The Morgan fingerprint density at radius 2 is 1.88 bits per heavy atom. The van der Waals surface area contributed by atoms with Gasteiger partial charge in [0.15, 0.2) is 16.6 Å². The summed E-state index contributed by atoms with van der Waals surface area (Å²) in [4.78, 5) is 21.5. The number of imidazole rings is 1. The summed E-state index contributed by atoms with van der Waals surface area (Å²) in [6.07, 6.45) is 13.5. The van der Waals surface area contributed by atoms with Crippen molar-refractivity contribution in [2.24, 2.45) is 10.9 Å². The van der Waals surface area contributed by atoms with Crippen LogP contribution in [-0.2, 0) is 5.41 Å². The molecule has 4 rings (SSSR count). The van der Waals surface area contributed by atoms with Crippen molar-refractivity contribution in [3.05, 3.63) is 90.2 Å². The van der Waals surface area contributed by atoms with Gasteiger partial charge in [-0.05, 0) is 72.3 Å². The van der Waals surface area contributed by atoms with E-state index in [4.69, 9.17) is 5.41 Å². The number of benzene rings is 1. The van der Waals surface area contributed by atoms with Crippen molar-refractivity contribution in [3.8, 4) is 0 Å². The molecule has 1 aliphatic carbocycles. The summed E-state index contributed by atoms with van der Waals surface area (Å²) in [7, 11) is 0. The average molecular weight is 557 g/mol. The molecule has 1 fully saturated rings. The molecule has 1 amide bonds. The van der Waals surface area contributed by atoms with E-state index in [-0.39, 0.29) is 16.5 Å². The second kappa shape index (κ2) is 14.0. The van der Waals surface area contributed by atoms with Crippen LogP contribution in [0.4, 0.5) is 5.82 Å². The molecule has 7 nitrogen and oxygen atoms in total. The molecule has 1 aromatic carbocycles. The first kappa shape index (κ1) is 30.8. The third-order valence-electron chi connectivity index (χ3n) is 6.48. The summed E-state index contributed by atoms with van der Waals surface area (Å²) in [5.74, 6) is 1.23. The summed E-state index contributed by atoms with van der Waals surface area (Å²) < 4.78 is 1.58. The van der Waals surface area contributed by atoms with Crippen LogP contribution in [0.2, 0.25) is 0 Å². The molecular formula is C32H40N6OS. The molecule has 8 heteroatoms. The summed E-state index contributed by atoms with van der Waals surface area (Å²) >= 11 is 1.14. The Morgan fingerprint density at radius 3 is 2.42 bits per heavy atom. The second-order valence-corrected chi connectivity index (χ2v) is 11.9. The molecule has 0 bridgehead atoms. The van der Waals surface area contributed by atoms with Gasteiger partial charge in [-0.25, -0.2) is 14.5 Å². The smallest absolute Gasteiger partial charge is 0.256 e. The summed E-state index contributed by atoms with van der Waals surface area (Å²) in [6, 6.07) is 11.1. The van der Waals surface area contributed by atoms with Crippen LogP contribution in [0.3, 0.4) is 0 Å². The Labute approximate surface area is 242 Å². The van der Waals surface area contributed by atoms with Crippen molar-refractivity contribution in [2.45, 2.75) is 71.2 Å². The number of carbonyl (C=O) groups is 1. The molecule has 0 radical (unpaired) electrons. The van der Waals surface area contributed by atoms with Crippen LogP contribution >= 0.6 is 11.8 Å². The molecule has 1 aliphatic rings. The van der Waals surface area contributed by atoms with E-state index >= 15 is 0 Å². The molecule has 210 valence electrons. The van der Waals surface area contributed by atoms with Gasteiger partial charge in [0, 0.05) is 11.3 Å². The number of fused-ring (bicyclic) bond motifs is 1. The van der Waals surface area contributed by atoms with Gasteiger partial charge in [0.25, 0.3) is 5.91 Å². The largest absolute Gasteiger partial charge is 0.305 e. The number of carbonyl (C=O) groups excluding carboxylic acids is 1. The molecule has 0 atom stereocenters. The highest BCUT2D eigenvalue weighted by Gasteiger charge is 2.15. The number of amides is 1. The van der Waals surface area contributed by atoms with E-state index in [2.05, 4.69) is 54.7 Å². The maximum atomic E-state index is 12.7. The van der Waals surface area contributed by atoms with Gasteiger partial charge in [0.1, 0.15) is 5.03 Å². The lowest BCUT2D eigenvalue weighted by Gasteiger charge is -2.18. The number of hydrogen-bond acceptors (Lipinski definition) is 5. The minimum absolute atomic E-state index is 0.0233. The van der Waals surface area contributed by atoms with Crippen molar-refractivity contribution in [2.75, 3.05) is 5.32 Å². The zero-order valence-corrected chi connectivity index (χ0v) is 25.2. The van der Waals surface area contributed by atoms with Gasteiger partial charge >= 0.3 is 0 Å². The van der Waals surface area contributed by atoms with E-state index in [0.29, 0.717) is 27.8 Å². The second-order valence-electron chi connectivity index (χ2n) is 10.9. The topological polar surface area (TPSA) is 95.5 Å². The number of aromatic nitrogens is 3. The zero-order valence-electron chi connectivity index (χ0n) is 24.4. The number of aliphatic imine (C=N–C) groups is 1. The zero-order chi connectivity index (χ0) is 29.3. The van der Waals surface area contributed by atoms with Crippen LogP contribution in [0.1, 0.15) is 76.7 Å². The van der Waals surface area contributed by atoms with Crippen LogP contribution in [0.25, 0.3) is 5.65 Å². The molecule has 3 aromatic rings. The number of allylic oxidation sites excluding steroid dienone is 5. The molecule has 2 heterocycles. The maximum absolute atomic E-state index is 12.7. The Morgan fingerprint density at radius 1 is 1.20 bits per heavy atom. The molecule has 0 saturated heterocycles. The molecule has 2 N–H and O–H groups in total. The predicted octanol–water partition coefficient (Wildman–Crippen LogP) is 8.26. The first-order valence-corrected chi connectivity index (χ1v) is 14.4. The van der Waals surface area contributed by atoms with Gasteiger partial charge in [-0.15, -0.1) is 0 Å². The van der Waals surface area contributed by atoms with E-state index in [9.17, 15) is 4.79 Å². The predicted molar refractivity (Wildman–Crippen MR) is 169 cm³/mol. The molecule has 0 spiro atoms. The summed E-state index contributed by atoms with van der Waals surface area (Å²) in [5, 5.41) is 16.3. The van der Waals surface area contributed by atoms with Gasteiger partial charge in [0.05, 0.1) is 6.20 Å². The lowest BCUT2D eigenvalue weighted by molar-refractivity contribution is 0.102. The fourth-order valence-electron chi connectivity index (χ4n) is 3.84. The lowest BCUT2D eigenvalue weighted by Crippen LogP contribution is -2.14. The van der Waals surface area contributed by atoms with Crippen LogP contribution < -0.4 is 5.32 Å². The van der Waals surface area contributed by atoms with E-state index in [1.165, 1.54) is 19.3 Å². The van der Waals surface area contributed by atoms with Gasteiger partial charge in [-0.1, -0.05) is 90.0 Å². The van der Waals surface area contributed by atoms with Crippen LogP contribution in [-0.4, -0.2) is 31.4 Å². The Kier molecular flexibility index (Phi) is 10.8. The monoisotopic (exact) mass is 556 g/mol. The van der Waals surface area contributed by atoms with Crippen molar-refractivity contribution >= 4 is 40.0 Å². The van der Waals surface area contributed by atoms with E-state index in [0.717, 1.165) is 28.8 Å². The number of anilines is 1. The highest BCUT2D eigenvalue weighted by atomic mass is 32.2. The van der Waals surface area contributed by atoms with Gasteiger partial charge in [-0.3, -0.25) is 10.2 Å². The van der Waals surface area contributed by atoms with Crippen molar-refractivity contribution < 1.29 is 4.79 Å². The first-order chi connectivity index (χ1) is 19.0. The molecule has 0 aliphatic heterocycles. The van der Waals surface area contributed by atoms with Crippen LogP contribution in [0.5, 0.6) is 0 Å². The third-order valence-corrected chi connectivity index (χ3v) is 7.19. The van der Waals surface area contributed by atoms with E-state index in [1.807, 2.05) is 56.3 Å². The minimum Gasteiger partial charge on any atom is -0.305 e. The van der Waals surface area contributed by atoms with Gasteiger partial charge < -0.3 is 5.32 Å². The van der Waals surface area contributed by atoms with Crippen LogP contribution in [0.15, 0.2) is 89.1 Å². The molecule has 1 saturated carbocycles. The number of thioether (sulfide) groups is 1. The molecular weight excluding hydrogens is 516 g/mol.